The molecule has 3 rings (SSSR count). The van der Waals surface area contributed by atoms with Gasteiger partial charge < -0.3 is 19.4 Å². The Labute approximate surface area is 225 Å². The lowest BCUT2D eigenvalue weighted by molar-refractivity contribution is -0.134. The molecule has 2 aromatic carbocycles. The van der Waals surface area contributed by atoms with Crippen molar-refractivity contribution in [1.82, 2.24) is 0 Å². The molecule has 0 aliphatic carbocycles. The standard InChI is InChI=1S/C32H42O6/c1-2-3-4-5-6-7-8-9-10-11-12-13-14-18-21-28(35)38-32-30(36)29-26(34)22-25(33)23-27(29)37-31(32)24-19-16-15-17-20-24/h15-17,19-20,22-23,33-34H,2-14,18,21H2,1H3. The molecule has 0 spiro atoms. The van der Waals surface area contributed by atoms with Gasteiger partial charge in [-0.05, 0) is 6.42 Å². The summed E-state index contributed by atoms with van der Waals surface area (Å²) in [7, 11) is 0. The summed E-state index contributed by atoms with van der Waals surface area (Å²) in [6.07, 6.45) is 17.4. The van der Waals surface area contributed by atoms with E-state index in [2.05, 4.69) is 6.92 Å². The molecule has 0 aliphatic heterocycles. The number of hydrogen-bond donors (Lipinski definition) is 2. The summed E-state index contributed by atoms with van der Waals surface area (Å²) in [4.78, 5) is 25.8. The topological polar surface area (TPSA) is 97.0 Å². The Morgan fingerprint density at radius 3 is 1.92 bits per heavy atom. The number of carbonyl (C=O) groups is 1. The van der Waals surface area contributed by atoms with Gasteiger partial charge in [-0.2, -0.15) is 0 Å². The minimum Gasteiger partial charge on any atom is -0.508 e. The number of esters is 1. The zero-order chi connectivity index (χ0) is 27.2. The predicted molar refractivity (Wildman–Crippen MR) is 152 cm³/mol. The van der Waals surface area contributed by atoms with Gasteiger partial charge in [-0.1, -0.05) is 121 Å². The zero-order valence-electron chi connectivity index (χ0n) is 22.7. The van der Waals surface area contributed by atoms with Crippen LogP contribution >= 0.6 is 0 Å². The number of aromatic hydroxyl groups is 2. The van der Waals surface area contributed by atoms with Gasteiger partial charge in [0.1, 0.15) is 22.5 Å². The van der Waals surface area contributed by atoms with Crippen LogP contribution in [0.5, 0.6) is 17.2 Å². The Morgan fingerprint density at radius 2 is 1.34 bits per heavy atom. The van der Waals surface area contributed by atoms with Crippen LogP contribution in [0.25, 0.3) is 22.3 Å². The minimum atomic E-state index is -0.656. The predicted octanol–water partition coefficient (Wildman–Crippen LogP) is 8.65. The summed E-state index contributed by atoms with van der Waals surface area (Å²) in [5, 5.41) is 19.9. The first-order valence-electron chi connectivity index (χ1n) is 14.3. The van der Waals surface area contributed by atoms with Gasteiger partial charge >= 0.3 is 5.97 Å². The third kappa shape index (κ3) is 8.93. The van der Waals surface area contributed by atoms with Crippen LogP contribution < -0.4 is 10.2 Å². The molecular formula is C32H42O6. The Kier molecular flexibility index (Phi) is 12.2. The molecule has 0 radical (unpaired) electrons. The van der Waals surface area contributed by atoms with Crippen molar-refractivity contribution in [1.29, 1.82) is 0 Å². The first-order chi connectivity index (χ1) is 18.5. The molecule has 2 N–H and O–H groups in total. The maximum atomic E-state index is 13.2. The summed E-state index contributed by atoms with van der Waals surface area (Å²) >= 11 is 0. The fourth-order valence-electron chi connectivity index (χ4n) is 4.77. The third-order valence-corrected chi connectivity index (χ3v) is 6.90. The molecule has 0 fully saturated rings. The van der Waals surface area contributed by atoms with Crippen LogP contribution in [0.3, 0.4) is 0 Å². The van der Waals surface area contributed by atoms with Crippen LogP contribution in [-0.4, -0.2) is 16.2 Å². The Hall–Kier alpha value is -3.28. The summed E-state index contributed by atoms with van der Waals surface area (Å²) in [5.41, 5.74) is -0.0938. The quantitative estimate of drug-likeness (QED) is 0.136. The average molecular weight is 523 g/mol. The van der Waals surface area contributed by atoms with Crippen molar-refractivity contribution in [2.24, 2.45) is 0 Å². The molecule has 0 saturated carbocycles. The van der Waals surface area contributed by atoms with Crippen LogP contribution in [-0.2, 0) is 4.79 Å². The molecule has 0 unspecified atom stereocenters. The first kappa shape index (κ1) is 29.3. The zero-order valence-corrected chi connectivity index (χ0v) is 22.7. The van der Waals surface area contributed by atoms with Crippen molar-refractivity contribution in [2.45, 2.75) is 103 Å². The van der Waals surface area contributed by atoms with Crippen LogP contribution in [0.4, 0.5) is 0 Å². The molecule has 0 atom stereocenters. The second-order valence-electron chi connectivity index (χ2n) is 10.1. The lowest BCUT2D eigenvalue weighted by Crippen LogP contribution is -2.16. The first-order valence-corrected chi connectivity index (χ1v) is 14.3. The molecule has 0 bridgehead atoms. The van der Waals surface area contributed by atoms with E-state index in [1.807, 2.05) is 6.07 Å². The highest BCUT2D eigenvalue weighted by Crippen LogP contribution is 2.35. The van der Waals surface area contributed by atoms with E-state index in [9.17, 15) is 19.8 Å². The van der Waals surface area contributed by atoms with Gasteiger partial charge in [0.25, 0.3) is 0 Å². The van der Waals surface area contributed by atoms with Crippen molar-refractivity contribution >= 4 is 16.9 Å². The third-order valence-electron chi connectivity index (χ3n) is 6.90. The van der Waals surface area contributed by atoms with Gasteiger partial charge in [-0.15, -0.1) is 0 Å². The van der Waals surface area contributed by atoms with E-state index < -0.39 is 17.1 Å². The Morgan fingerprint density at radius 1 is 0.789 bits per heavy atom. The maximum Gasteiger partial charge on any atom is 0.311 e. The number of unbranched alkanes of at least 4 members (excludes halogenated alkanes) is 13. The SMILES string of the molecule is CCCCCCCCCCCCCCCCC(=O)Oc1c(-c2ccccc2)oc2cc(O)cc(O)c2c1=O. The van der Waals surface area contributed by atoms with Crippen molar-refractivity contribution in [2.75, 3.05) is 0 Å². The number of carbonyl (C=O) groups excluding carboxylic acids is 1. The van der Waals surface area contributed by atoms with Crippen molar-refractivity contribution in [3.05, 3.63) is 52.7 Å². The van der Waals surface area contributed by atoms with Crippen LogP contribution in [0.1, 0.15) is 103 Å². The smallest absolute Gasteiger partial charge is 0.311 e. The average Bonchev–Trinajstić information content (AvgIpc) is 2.90. The van der Waals surface area contributed by atoms with E-state index >= 15 is 0 Å². The van der Waals surface area contributed by atoms with Gasteiger partial charge in [0.2, 0.25) is 11.2 Å². The highest BCUT2D eigenvalue weighted by Gasteiger charge is 2.22. The van der Waals surface area contributed by atoms with E-state index in [1.54, 1.807) is 24.3 Å². The normalized spacial score (nSPS) is 11.2. The van der Waals surface area contributed by atoms with Gasteiger partial charge in [0.05, 0.1) is 0 Å². The number of hydrogen-bond acceptors (Lipinski definition) is 6. The summed E-state index contributed by atoms with van der Waals surface area (Å²) in [6.45, 7) is 2.25. The number of rotatable bonds is 17. The van der Waals surface area contributed by atoms with Gasteiger partial charge in [0, 0.05) is 24.1 Å². The number of ether oxygens (including phenoxy) is 1. The number of phenols is 2. The lowest BCUT2D eigenvalue weighted by atomic mass is 10.0. The lowest BCUT2D eigenvalue weighted by Gasteiger charge is -2.11. The van der Waals surface area contributed by atoms with Crippen molar-refractivity contribution in [3.63, 3.8) is 0 Å². The molecule has 3 aromatic rings. The largest absolute Gasteiger partial charge is 0.508 e. The summed E-state index contributed by atoms with van der Waals surface area (Å²) in [5.74, 6) is -1.34. The second-order valence-corrected chi connectivity index (χ2v) is 10.1. The van der Waals surface area contributed by atoms with Crippen LogP contribution in [0.15, 0.2) is 51.7 Å². The second kappa shape index (κ2) is 15.9. The fourth-order valence-corrected chi connectivity index (χ4v) is 4.77. The molecule has 1 heterocycles. The van der Waals surface area contributed by atoms with E-state index in [1.165, 1.54) is 76.7 Å². The molecule has 0 amide bonds. The van der Waals surface area contributed by atoms with Gasteiger partial charge in [-0.3, -0.25) is 9.59 Å². The number of phenolic OH excluding ortho intramolecular Hbond substituents is 2. The molecule has 1 aromatic heterocycles. The van der Waals surface area contributed by atoms with E-state index in [4.69, 9.17) is 9.15 Å². The maximum absolute atomic E-state index is 13.2. The van der Waals surface area contributed by atoms with Gasteiger partial charge in [0.15, 0.2) is 5.76 Å². The van der Waals surface area contributed by atoms with E-state index in [0.29, 0.717) is 12.0 Å². The van der Waals surface area contributed by atoms with Crippen LogP contribution in [0.2, 0.25) is 0 Å². The number of fused-ring (bicyclic) bond motifs is 1. The molecule has 0 saturated heterocycles. The molecule has 0 aliphatic rings. The molecule has 6 nitrogen and oxygen atoms in total. The van der Waals surface area contributed by atoms with Crippen molar-refractivity contribution < 1.29 is 24.2 Å². The fraction of sp³-hybridized carbons (Fsp3) is 0.500. The van der Waals surface area contributed by atoms with E-state index in [0.717, 1.165) is 18.9 Å². The Bertz CT molecular complexity index is 1200. The van der Waals surface area contributed by atoms with Crippen LogP contribution in [0, 0.1) is 0 Å². The summed E-state index contributed by atoms with van der Waals surface area (Å²) < 4.78 is 11.4. The molecule has 6 heteroatoms. The Balaban J connectivity index is 1.46. The van der Waals surface area contributed by atoms with Crippen molar-refractivity contribution in [3.8, 4) is 28.6 Å². The highest BCUT2D eigenvalue weighted by molar-refractivity contribution is 5.89. The highest BCUT2D eigenvalue weighted by atomic mass is 16.5. The number of benzene rings is 2. The van der Waals surface area contributed by atoms with E-state index in [-0.39, 0.29) is 34.6 Å². The molecule has 206 valence electrons. The minimum absolute atomic E-state index is 0.0122. The monoisotopic (exact) mass is 522 g/mol. The van der Waals surface area contributed by atoms with Gasteiger partial charge in [-0.25, -0.2) is 0 Å². The molecule has 38 heavy (non-hydrogen) atoms. The molecular weight excluding hydrogens is 480 g/mol. The summed E-state index contributed by atoms with van der Waals surface area (Å²) in [6, 6.07) is 11.2.